The Morgan fingerprint density at radius 1 is 1.38 bits per heavy atom. The molecule has 0 amide bonds. The number of hydrogen-bond acceptors (Lipinski definition) is 2. The molecule has 1 aromatic carbocycles. The first-order valence-electron chi connectivity index (χ1n) is 5.55. The molecule has 88 valence electrons. The molecule has 2 N–H and O–H groups in total. The molecule has 0 saturated carbocycles. The van der Waals surface area contributed by atoms with E-state index in [1.54, 1.807) is 6.92 Å². The molecule has 0 aliphatic heterocycles. The highest BCUT2D eigenvalue weighted by atomic mass is 16.4. The largest absolute Gasteiger partial charge is 0.480 e. The van der Waals surface area contributed by atoms with Gasteiger partial charge in [-0.15, -0.1) is 0 Å². The average molecular weight is 221 g/mol. The lowest BCUT2D eigenvalue weighted by Gasteiger charge is -2.18. The van der Waals surface area contributed by atoms with Gasteiger partial charge in [-0.2, -0.15) is 0 Å². The number of carboxylic acid groups (broad SMARTS) is 1. The maximum Gasteiger partial charge on any atom is 0.325 e. The first-order valence-corrected chi connectivity index (χ1v) is 5.55. The Bertz CT molecular complexity index is 399. The molecule has 0 radical (unpaired) electrons. The first kappa shape index (κ1) is 12.6. The second-order valence-electron chi connectivity index (χ2n) is 4.11. The van der Waals surface area contributed by atoms with Gasteiger partial charge in [-0.1, -0.05) is 19.1 Å². The summed E-state index contributed by atoms with van der Waals surface area (Å²) in [7, 11) is 0. The van der Waals surface area contributed by atoms with Crippen LogP contribution in [0.15, 0.2) is 12.1 Å². The van der Waals surface area contributed by atoms with Crippen LogP contribution in [0.4, 0.5) is 5.69 Å². The van der Waals surface area contributed by atoms with Crippen LogP contribution in [0.3, 0.4) is 0 Å². The number of nitrogens with one attached hydrogen (secondary N) is 1. The number of anilines is 1. The monoisotopic (exact) mass is 221 g/mol. The van der Waals surface area contributed by atoms with E-state index in [2.05, 4.69) is 25.2 Å². The lowest BCUT2D eigenvalue weighted by Crippen LogP contribution is -2.26. The molecule has 0 heterocycles. The molecule has 3 heteroatoms. The molecule has 1 unspecified atom stereocenters. The van der Waals surface area contributed by atoms with Crippen molar-refractivity contribution < 1.29 is 9.90 Å². The van der Waals surface area contributed by atoms with E-state index in [-0.39, 0.29) is 0 Å². The van der Waals surface area contributed by atoms with Crippen LogP contribution >= 0.6 is 0 Å². The summed E-state index contributed by atoms with van der Waals surface area (Å²) < 4.78 is 0. The smallest absolute Gasteiger partial charge is 0.325 e. The summed E-state index contributed by atoms with van der Waals surface area (Å²) in [6.07, 6.45) is 0.905. The van der Waals surface area contributed by atoms with Crippen molar-refractivity contribution in [3.8, 4) is 0 Å². The molecule has 0 bridgehead atoms. The highest BCUT2D eigenvalue weighted by Gasteiger charge is 2.14. The summed E-state index contributed by atoms with van der Waals surface area (Å²) in [4.78, 5) is 10.8. The Labute approximate surface area is 96.5 Å². The molecule has 0 aliphatic rings. The zero-order valence-corrected chi connectivity index (χ0v) is 10.3. The van der Waals surface area contributed by atoms with Gasteiger partial charge in [-0.3, -0.25) is 4.79 Å². The number of carboxylic acids is 1. The molecule has 1 aromatic rings. The Kier molecular flexibility index (Phi) is 3.93. The molecule has 3 nitrogen and oxygen atoms in total. The lowest BCUT2D eigenvalue weighted by atomic mass is 9.99. The molecule has 0 aromatic heterocycles. The third kappa shape index (κ3) is 2.54. The Balaban J connectivity index is 3.11. The summed E-state index contributed by atoms with van der Waals surface area (Å²) in [5.74, 6) is -0.831. The van der Waals surface area contributed by atoms with Gasteiger partial charge in [0.15, 0.2) is 0 Å². The maximum atomic E-state index is 10.8. The highest BCUT2D eigenvalue weighted by molar-refractivity contribution is 5.78. The Hall–Kier alpha value is -1.51. The van der Waals surface area contributed by atoms with Crippen LogP contribution in [-0.4, -0.2) is 17.1 Å². The summed E-state index contributed by atoms with van der Waals surface area (Å²) in [5, 5.41) is 12.0. The minimum absolute atomic E-state index is 0.564. The Morgan fingerprint density at radius 3 is 2.44 bits per heavy atom. The van der Waals surface area contributed by atoms with Gasteiger partial charge in [0.25, 0.3) is 0 Å². The number of aryl methyl sites for hydroxylation is 2. The van der Waals surface area contributed by atoms with E-state index < -0.39 is 12.0 Å². The van der Waals surface area contributed by atoms with Gasteiger partial charge >= 0.3 is 5.97 Å². The van der Waals surface area contributed by atoms with Crippen molar-refractivity contribution in [3.63, 3.8) is 0 Å². The highest BCUT2D eigenvalue weighted by Crippen LogP contribution is 2.25. The van der Waals surface area contributed by atoms with Crippen LogP contribution < -0.4 is 5.32 Å². The van der Waals surface area contributed by atoms with Crippen LogP contribution in [0.25, 0.3) is 0 Å². The van der Waals surface area contributed by atoms with E-state index >= 15 is 0 Å². The zero-order valence-electron chi connectivity index (χ0n) is 10.3. The SMILES string of the molecule is CCc1c(C)ccc(C)c1NC(C)C(=O)O. The van der Waals surface area contributed by atoms with E-state index in [1.807, 2.05) is 13.0 Å². The van der Waals surface area contributed by atoms with Crippen LogP contribution in [0.1, 0.15) is 30.5 Å². The van der Waals surface area contributed by atoms with Crippen LogP contribution in [0.5, 0.6) is 0 Å². The fourth-order valence-corrected chi connectivity index (χ4v) is 1.80. The normalized spacial score (nSPS) is 12.2. The summed E-state index contributed by atoms with van der Waals surface area (Å²) in [5.41, 5.74) is 4.47. The average Bonchev–Trinajstić information content (AvgIpc) is 2.23. The molecule has 1 rings (SSSR count). The van der Waals surface area contributed by atoms with E-state index in [9.17, 15) is 4.79 Å². The molecule has 0 spiro atoms. The molecule has 0 saturated heterocycles. The number of aliphatic carboxylic acids is 1. The predicted molar refractivity (Wildman–Crippen MR) is 66.0 cm³/mol. The van der Waals surface area contributed by atoms with Gasteiger partial charge in [-0.25, -0.2) is 0 Å². The van der Waals surface area contributed by atoms with Crippen molar-refractivity contribution in [3.05, 3.63) is 28.8 Å². The third-order valence-electron chi connectivity index (χ3n) is 2.84. The van der Waals surface area contributed by atoms with Gasteiger partial charge in [0, 0.05) is 5.69 Å². The van der Waals surface area contributed by atoms with E-state index in [4.69, 9.17) is 5.11 Å². The van der Waals surface area contributed by atoms with E-state index in [0.717, 1.165) is 17.7 Å². The zero-order chi connectivity index (χ0) is 12.3. The summed E-state index contributed by atoms with van der Waals surface area (Å²) in [6.45, 7) is 7.78. The fraction of sp³-hybridized carbons (Fsp3) is 0.462. The number of carbonyl (C=O) groups is 1. The van der Waals surface area contributed by atoms with Crippen molar-refractivity contribution in [1.29, 1.82) is 0 Å². The van der Waals surface area contributed by atoms with Gasteiger partial charge in [0.2, 0.25) is 0 Å². The number of benzene rings is 1. The fourth-order valence-electron chi connectivity index (χ4n) is 1.80. The van der Waals surface area contributed by atoms with Crippen molar-refractivity contribution in [1.82, 2.24) is 0 Å². The standard InChI is InChI=1S/C13H19NO2/c1-5-11-8(2)6-7-9(3)12(11)14-10(4)13(15)16/h6-7,10,14H,5H2,1-4H3,(H,15,16). The molecule has 0 aliphatic carbocycles. The molecular formula is C13H19NO2. The lowest BCUT2D eigenvalue weighted by molar-refractivity contribution is -0.137. The van der Waals surface area contributed by atoms with Crippen molar-refractivity contribution >= 4 is 11.7 Å². The third-order valence-corrected chi connectivity index (χ3v) is 2.84. The minimum Gasteiger partial charge on any atom is -0.480 e. The molecule has 16 heavy (non-hydrogen) atoms. The maximum absolute atomic E-state index is 10.8. The predicted octanol–water partition coefficient (Wildman–Crippen LogP) is 2.75. The molecule has 1 atom stereocenters. The minimum atomic E-state index is -0.831. The van der Waals surface area contributed by atoms with Crippen molar-refractivity contribution in [2.75, 3.05) is 5.32 Å². The van der Waals surface area contributed by atoms with E-state index in [0.29, 0.717) is 0 Å². The quantitative estimate of drug-likeness (QED) is 0.822. The van der Waals surface area contributed by atoms with Gasteiger partial charge in [-0.05, 0) is 43.9 Å². The molecular weight excluding hydrogens is 202 g/mol. The summed E-state index contributed by atoms with van der Waals surface area (Å²) in [6, 6.07) is 3.53. The van der Waals surface area contributed by atoms with Gasteiger partial charge < -0.3 is 10.4 Å². The van der Waals surface area contributed by atoms with Crippen molar-refractivity contribution in [2.24, 2.45) is 0 Å². The van der Waals surface area contributed by atoms with Crippen molar-refractivity contribution in [2.45, 2.75) is 40.2 Å². The second kappa shape index (κ2) is 5.01. The van der Waals surface area contributed by atoms with Crippen LogP contribution in [0, 0.1) is 13.8 Å². The van der Waals surface area contributed by atoms with Gasteiger partial charge in [0.05, 0.1) is 0 Å². The molecule has 0 fully saturated rings. The number of hydrogen-bond donors (Lipinski definition) is 2. The second-order valence-corrected chi connectivity index (χ2v) is 4.11. The topological polar surface area (TPSA) is 49.3 Å². The van der Waals surface area contributed by atoms with Gasteiger partial charge in [0.1, 0.15) is 6.04 Å². The first-order chi connectivity index (χ1) is 7.47. The van der Waals surface area contributed by atoms with E-state index in [1.165, 1.54) is 11.1 Å². The summed E-state index contributed by atoms with van der Waals surface area (Å²) >= 11 is 0. The Morgan fingerprint density at radius 2 is 1.94 bits per heavy atom. The van der Waals surface area contributed by atoms with Crippen LogP contribution in [-0.2, 0) is 11.2 Å². The van der Waals surface area contributed by atoms with Crippen LogP contribution in [0.2, 0.25) is 0 Å². The number of rotatable bonds is 4.